The molecule has 0 aliphatic carbocycles. The molecule has 2 aromatic rings. The SMILES string of the molecule is CCc1ccc(CN(C)C(C)C(=O)NC(=O)Nc2ccc3c(c2)OCCO3)cc1. The molecule has 1 aliphatic rings. The Morgan fingerprint density at radius 3 is 2.38 bits per heavy atom. The lowest BCUT2D eigenvalue weighted by Gasteiger charge is -2.24. The van der Waals surface area contributed by atoms with E-state index < -0.39 is 12.1 Å². The highest BCUT2D eigenvalue weighted by Gasteiger charge is 2.21. The van der Waals surface area contributed by atoms with Crippen LogP contribution < -0.4 is 20.1 Å². The number of imide groups is 1. The van der Waals surface area contributed by atoms with Crippen molar-refractivity contribution in [3.05, 3.63) is 53.6 Å². The van der Waals surface area contributed by atoms with E-state index in [9.17, 15) is 9.59 Å². The number of rotatable bonds is 6. The van der Waals surface area contributed by atoms with Crippen molar-refractivity contribution in [1.82, 2.24) is 10.2 Å². The minimum Gasteiger partial charge on any atom is -0.486 e. The van der Waals surface area contributed by atoms with Crippen molar-refractivity contribution in [2.45, 2.75) is 32.9 Å². The standard InChI is InChI=1S/C22H27N3O4/c1-4-16-5-7-17(8-6-16)14-25(3)15(2)21(26)24-22(27)23-18-9-10-19-20(13-18)29-12-11-28-19/h5-10,13,15H,4,11-12,14H2,1-3H3,(H2,23,24,26,27). The molecule has 1 heterocycles. The summed E-state index contributed by atoms with van der Waals surface area (Å²) in [7, 11) is 1.86. The molecule has 29 heavy (non-hydrogen) atoms. The molecule has 2 aromatic carbocycles. The maximum absolute atomic E-state index is 12.5. The van der Waals surface area contributed by atoms with E-state index in [0.717, 1.165) is 12.0 Å². The van der Waals surface area contributed by atoms with Gasteiger partial charge in [-0.3, -0.25) is 15.0 Å². The van der Waals surface area contributed by atoms with E-state index in [4.69, 9.17) is 9.47 Å². The zero-order valence-electron chi connectivity index (χ0n) is 17.0. The summed E-state index contributed by atoms with van der Waals surface area (Å²) in [4.78, 5) is 26.6. The molecule has 0 saturated carbocycles. The van der Waals surface area contributed by atoms with Crippen LogP contribution in [0.2, 0.25) is 0 Å². The number of hydrogen-bond acceptors (Lipinski definition) is 5. The Bertz CT molecular complexity index is 867. The minimum absolute atomic E-state index is 0.368. The van der Waals surface area contributed by atoms with Crippen LogP contribution in [0.15, 0.2) is 42.5 Å². The third-order valence-electron chi connectivity index (χ3n) is 4.94. The molecule has 3 amide bonds. The summed E-state index contributed by atoms with van der Waals surface area (Å²) in [5.41, 5.74) is 2.92. The number of nitrogens with one attached hydrogen (secondary N) is 2. The van der Waals surface area contributed by atoms with Crippen LogP contribution in [0.1, 0.15) is 25.0 Å². The summed E-state index contributed by atoms with van der Waals surface area (Å²) in [5, 5.41) is 5.04. The quantitative estimate of drug-likeness (QED) is 0.783. The van der Waals surface area contributed by atoms with E-state index in [1.54, 1.807) is 25.1 Å². The third-order valence-corrected chi connectivity index (χ3v) is 4.94. The lowest BCUT2D eigenvalue weighted by atomic mass is 10.1. The van der Waals surface area contributed by atoms with E-state index in [1.165, 1.54) is 5.56 Å². The molecule has 3 rings (SSSR count). The minimum atomic E-state index is -0.584. The van der Waals surface area contributed by atoms with Gasteiger partial charge in [0.2, 0.25) is 5.91 Å². The number of hydrogen-bond donors (Lipinski definition) is 2. The highest BCUT2D eigenvalue weighted by molar-refractivity contribution is 6.02. The molecule has 0 radical (unpaired) electrons. The van der Waals surface area contributed by atoms with Gasteiger partial charge in [-0.15, -0.1) is 0 Å². The van der Waals surface area contributed by atoms with E-state index in [-0.39, 0.29) is 5.91 Å². The average molecular weight is 397 g/mol. The van der Waals surface area contributed by atoms with Gasteiger partial charge in [-0.25, -0.2) is 4.79 Å². The average Bonchev–Trinajstić information content (AvgIpc) is 2.73. The Kier molecular flexibility index (Phi) is 6.72. The van der Waals surface area contributed by atoms with Crippen molar-refractivity contribution >= 4 is 17.6 Å². The second-order valence-electron chi connectivity index (χ2n) is 7.06. The summed E-state index contributed by atoms with van der Waals surface area (Å²) in [6.07, 6.45) is 0.993. The lowest BCUT2D eigenvalue weighted by molar-refractivity contribution is -0.124. The van der Waals surface area contributed by atoms with Crippen LogP contribution in [0, 0.1) is 0 Å². The van der Waals surface area contributed by atoms with E-state index >= 15 is 0 Å². The first-order valence-electron chi connectivity index (χ1n) is 9.76. The van der Waals surface area contributed by atoms with Crippen molar-refractivity contribution in [3.63, 3.8) is 0 Å². The van der Waals surface area contributed by atoms with Gasteiger partial charge in [0.25, 0.3) is 0 Å². The zero-order valence-corrected chi connectivity index (χ0v) is 17.0. The largest absolute Gasteiger partial charge is 0.486 e. The zero-order chi connectivity index (χ0) is 20.8. The molecule has 0 saturated heterocycles. The highest BCUT2D eigenvalue weighted by atomic mass is 16.6. The fourth-order valence-corrected chi connectivity index (χ4v) is 3.01. The van der Waals surface area contributed by atoms with Crippen LogP contribution >= 0.6 is 0 Å². The Balaban J connectivity index is 1.52. The van der Waals surface area contributed by atoms with Crippen molar-refractivity contribution in [3.8, 4) is 11.5 Å². The Morgan fingerprint density at radius 1 is 1.03 bits per heavy atom. The van der Waals surface area contributed by atoms with Gasteiger partial charge >= 0.3 is 6.03 Å². The molecular formula is C22H27N3O4. The molecule has 7 nitrogen and oxygen atoms in total. The molecule has 7 heteroatoms. The van der Waals surface area contributed by atoms with Gasteiger partial charge in [0, 0.05) is 18.3 Å². The fraction of sp³-hybridized carbons (Fsp3) is 0.364. The van der Waals surface area contributed by atoms with Gasteiger partial charge in [-0.05, 0) is 43.7 Å². The van der Waals surface area contributed by atoms with Crippen molar-refractivity contribution in [1.29, 1.82) is 0 Å². The third kappa shape index (κ3) is 5.48. The Morgan fingerprint density at radius 2 is 1.69 bits per heavy atom. The molecule has 1 aliphatic heterocycles. The molecule has 0 bridgehead atoms. The molecule has 154 valence electrons. The van der Waals surface area contributed by atoms with Gasteiger partial charge in [0.15, 0.2) is 11.5 Å². The number of urea groups is 1. The van der Waals surface area contributed by atoms with Gasteiger partial charge in [0.1, 0.15) is 13.2 Å². The maximum atomic E-state index is 12.5. The number of fused-ring (bicyclic) bond motifs is 1. The van der Waals surface area contributed by atoms with Gasteiger partial charge in [-0.2, -0.15) is 0 Å². The topological polar surface area (TPSA) is 79.9 Å². The first-order valence-corrected chi connectivity index (χ1v) is 9.76. The molecular weight excluding hydrogens is 370 g/mol. The summed E-state index contributed by atoms with van der Waals surface area (Å²) in [6, 6.07) is 12.4. The number of ether oxygens (including phenoxy) is 2. The Labute approximate surface area is 171 Å². The van der Waals surface area contributed by atoms with Crippen LogP contribution in [0.3, 0.4) is 0 Å². The highest BCUT2D eigenvalue weighted by Crippen LogP contribution is 2.32. The van der Waals surface area contributed by atoms with Gasteiger partial charge in [-0.1, -0.05) is 31.2 Å². The number of benzene rings is 2. The smallest absolute Gasteiger partial charge is 0.325 e. The first kappa shape index (κ1) is 20.7. The molecule has 0 aromatic heterocycles. The molecule has 1 atom stereocenters. The summed E-state index contributed by atoms with van der Waals surface area (Å²) < 4.78 is 11.0. The molecule has 2 N–H and O–H groups in total. The molecule has 0 spiro atoms. The van der Waals surface area contributed by atoms with Crippen LogP contribution in [0.25, 0.3) is 0 Å². The number of carbonyl (C=O) groups excluding carboxylic acids is 2. The van der Waals surface area contributed by atoms with Crippen molar-refractivity contribution in [2.75, 3.05) is 25.6 Å². The van der Waals surface area contributed by atoms with Gasteiger partial charge in [0.05, 0.1) is 6.04 Å². The predicted molar refractivity (Wildman–Crippen MR) is 111 cm³/mol. The van der Waals surface area contributed by atoms with Crippen LogP contribution in [-0.2, 0) is 17.8 Å². The second kappa shape index (κ2) is 9.43. The number of nitrogens with zero attached hydrogens (tertiary/aromatic N) is 1. The normalized spacial score (nSPS) is 13.7. The van der Waals surface area contributed by atoms with Crippen LogP contribution in [0.5, 0.6) is 11.5 Å². The van der Waals surface area contributed by atoms with Crippen LogP contribution in [-0.4, -0.2) is 43.1 Å². The maximum Gasteiger partial charge on any atom is 0.325 e. The summed E-state index contributed by atoms with van der Waals surface area (Å²) >= 11 is 0. The number of likely N-dealkylation sites (N-methyl/N-ethyl adjacent to an activating group) is 1. The van der Waals surface area contributed by atoms with E-state index in [2.05, 4.69) is 41.8 Å². The molecule has 0 fully saturated rings. The molecule has 1 unspecified atom stereocenters. The number of anilines is 1. The van der Waals surface area contributed by atoms with E-state index in [1.807, 2.05) is 11.9 Å². The summed E-state index contributed by atoms with van der Waals surface area (Å²) in [5.74, 6) is 0.843. The number of amides is 3. The number of aryl methyl sites for hydroxylation is 1. The fourth-order valence-electron chi connectivity index (χ4n) is 3.01. The van der Waals surface area contributed by atoms with Crippen molar-refractivity contribution in [2.24, 2.45) is 0 Å². The lowest BCUT2D eigenvalue weighted by Crippen LogP contribution is -2.46. The monoisotopic (exact) mass is 397 g/mol. The van der Waals surface area contributed by atoms with Crippen LogP contribution in [0.4, 0.5) is 10.5 Å². The van der Waals surface area contributed by atoms with E-state index in [0.29, 0.717) is 36.9 Å². The van der Waals surface area contributed by atoms with Gasteiger partial charge < -0.3 is 14.8 Å². The summed E-state index contributed by atoms with van der Waals surface area (Å²) in [6.45, 7) is 5.47. The second-order valence-corrected chi connectivity index (χ2v) is 7.06. The number of carbonyl (C=O) groups is 2. The Hall–Kier alpha value is -3.06. The van der Waals surface area contributed by atoms with Crippen molar-refractivity contribution < 1.29 is 19.1 Å². The predicted octanol–water partition coefficient (Wildman–Crippen LogP) is 3.19. The first-order chi connectivity index (χ1) is 14.0.